The van der Waals surface area contributed by atoms with E-state index in [1.54, 1.807) is 29.1 Å². The van der Waals surface area contributed by atoms with Crippen molar-refractivity contribution in [2.45, 2.75) is 33.2 Å². The van der Waals surface area contributed by atoms with Gasteiger partial charge in [0.05, 0.1) is 25.1 Å². The van der Waals surface area contributed by atoms with E-state index in [1.165, 1.54) is 0 Å². The molecule has 29 heavy (non-hydrogen) atoms. The minimum Gasteiger partial charge on any atom is -0.490 e. The Balaban J connectivity index is 1.65. The molecule has 0 saturated carbocycles. The zero-order chi connectivity index (χ0) is 20.5. The number of hydrogen-bond acceptors (Lipinski definition) is 4. The van der Waals surface area contributed by atoms with Gasteiger partial charge >= 0.3 is 0 Å². The summed E-state index contributed by atoms with van der Waals surface area (Å²) in [4.78, 5) is 12.6. The molecule has 2 aromatic carbocycles. The second-order valence-corrected chi connectivity index (χ2v) is 6.67. The SMILES string of the molecule is CCCOc1ccc(C(=O)NCc2cnn(-c3ccccc3)c2)cc1OCCC. The van der Waals surface area contributed by atoms with Gasteiger partial charge in [0.25, 0.3) is 5.91 Å². The Morgan fingerprint density at radius 3 is 2.45 bits per heavy atom. The standard InChI is InChI=1S/C23H27N3O3/c1-3-12-28-21-11-10-19(14-22(21)29-13-4-2)23(27)24-15-18-16-25-26(17-18)20-8-6-5-7-9-20/h5-11,14,16-17H,3-4,12-13,15H2,1-2H3,(H,24,27). The Morgan fingerprint density at radius 2 is 1.72 bits per heavy atom. The fraction of sp³-hybridized carbons (Fsp3) is 0.304. The molecule has 0 aliphatic heterocycles. The Bertz CT molecular complexity index is 922. The summed E-state index contributed by atoms with van der Waals surface area (Å²) in [6, 6.07) is 15.1. The van der Waals surface area contributed by atoms with Crippen molar-refractivity contribution in [1.82, 2.24) is 15.1 Å². The van der Waals surface area contributed by atoms with Crippen LogP contribution in [0.4, 0.5) is 0 Å². The van der Waals surface area contributed by atoms with Crippen LogP contribution in [-0.2, 0) is 6.54 Å². The normalized spacial score (nSPS) is 10.6. The molecule has 0 radical (unpaired) electrons. The average Bonchev–Trinajstić information content (AvgIpc) is 3.24. The summed E-state index contributed by atoms with van der Waals surface area (Å²) in [5.74, 6) is 1.10. The predicted molar refractivity (Wildman–Crippen MR) is 113 cm³/mol. The van der Waals surface area contributed by atoms with Crippen LogP contribution in [0, 0.1) is 0 Å². The highest BCUT2D eigenvalue weighted by atomic mass is 16.5. The summed E-state index contributed by atoms with van der Waals surface area (Å²) in [6.07, 6.45) is 5.46. The molecule has 1 amide bonds. The van der Waals surface area contributed by atoms with Crippen molar-refractivity contribution in [2.24, 2.45) is 0 Å². The van der Waals surface area contributed by atoms with Crippen molar-refractivity contribution in [3.05, 3.63) is 72.1 Å². The third-order valence-electron chi connectivity index (χ3n) is 4.24. The third kappa shape index (κ3) is 5.60. The van der Waals surface area contributed by atoms with E-state index in [2.05, 4.69) is 10.4 Å². The molecule has 0 spiro atoms. The Kier molecular flexibility index (Phi) is 7.28. The molecule has 1 N–H and O–H groups in total. The minimum atomic E-state index is -0.166. The number of ether oxygens (including phenoxy) is 2. The second-order valence-electron chi connectivity index (χ2n) is 6.67. The fourth-order valence-corrected chi connectivity index (χ4v) is 2.76. The first kappa shape index (κ1) is 20.5. The second kappa shape index (κ2) is 10.3. The van der Waals surface area contributed by atoms with Crippen LogP contribution in [0.15, 0.2) is 60.9 Å². The molecule has 3 rings (SSSR count). The summed E-state index contributed by atoms with van der Waals surface area (Å²) in [5, 5.41) is 7.29. The van der Waals surface area contributed by atoms with Gasteiger partial charge in [-0.3, -0.25) is 4.79 Å². The van der Waals surface area contributed by atoms with Crippen LogP contribution in [-0.4, -0.2) is 28.9 Å². The number of aromatic nitrogens is 2. The average molecular weight is 393 g/mol. The molecule has 0 saturated heterocycles. The van der Waals surface area contributed by atoms with E-state index < -0.39 is 0 Å². The molecule has 0 unspecified atom stereocenters. The van der Waals surface area contributed by atoms with Crippen LogP contribution in [0.2, 0.25) is 0 Å². The Hall–Kier alpha value is -3.28. The van der Waals surface area contributed by atoms with Crippen molar-refractivity contribution in [1.29, 1.82) is 0 Å². The molecule has 0 fully saturated rings. The lowest BCUT2D eigenvalue weighted by Crippen LogP contribution is -2.22. The highest BCUT2D eigenvalue weighted by molar-refractivity contribution is 5.94. The molecule has 3 aromatic rings. The number of rotatable bonds is 10. The Labute approximate surface area is 171 Å². The van der Waals surface area contributed by atoms with Crippen molar-refractivity contribution in [2.75, 3.05) is 13.2 Å². The van der Waals surface area contributed by atoms with Gasteiger partial charge in [-0.05, 0) is 43.2 Å². The van der Waals surface area contributed by atoms with Gasteiger partial charge < -0.3 is 14.8 Å². The molecule has 0 bridgehead atoms. The topological polar surface area (TPSA) is 65.4 Å². The van der Waals surface area contributed by atoms with Crippen LogP contribution in [0.25, 0.3) is 5.69 Å². The lowest BCUT2D eigenvalue weighted by atomic mass is 10.2. The zero-order valence-corrected chi connectivity index (χ0v) is 16.9. The van der Waals surface area contributed by atoms with Gasteiger partial charge in [0.15, 0.2) is 11.5 Å². The van der Waals surface area contributed by atoms with E-state index in [9.17, 15) is 4.79 Å². The molecule has 1 aromatic heterocycles. The van der Waals surface area contributed by atoms with E-state index >= 15 is 0 Å². The smallest absolute Gasteiger partial charge is 0.251 e. The fourth-order valence-electron chi connectivity index (χ4n) is 2.76. The van der Waals surface area contributed by atoms with Crippen LogP contribution in [0.5, 0.6) is 11.5 Å². The van der Waals surface area contributed by atoms with E-state index in [0.717, 1.165) is 24.1 Å². The van der Waals surface area contributed by atoms with E-state index in [4.69, 9.17) is 9.47 Å². The number of nitrogens with one attached hydrogen (secondary N) is 1. The number of para-hydroxylation sites is 1. The van der Waals surface area contributed by atoms with Crippen LogP contribution in [0.1, 0.15) is 42.6 Å². The number of carbonyl (C=O) groups excluding carboxylic acids is 1. The first-order valence-electron chi connectivity index (χ1n) is 9.98. The van der Waals surface area contributed by atoms with E-state index in [-0.39, 0.29) is 5.91 Å². The zero-order valence-electron chi connectivity index (χ0n) is 16.9. The maximum atomic E-state index is 12.6. The van der Waals surface area contributed by atoms with Gasteiger partial charge in [-0.2, -0.15) is 5.10 Å². The van der Waals surface area contributed by atoms with Gasteiger partial charge in [0, 0.05) is 23.9 Å². The van der Waals surface area contributed by atoms with Crippen LogP contribution < -0.4 is 14.8 Å². The van der Waals surface area contributed by atoms with Gasteiger partial charge in [-0.25, -0.2) is 4.68 Å². The van der Waals surface area contributed by atoms with Crippen molar-refractivity contribution in [3.8, 4) is 17.2 Å². The van der Waals surface area contributed by atoms with Crippen LogP contribution in [0.3, 0.4) is 0 Å². The lowest BCUT2D eigenvalue weighted by Gasteiger charge is -2.13. The molecule has 0 aliphatic carbocycles. The van der Waals surface area contributed by atoms with Crippen molar-refractivity contribution < 1.29 is 14.3 Å². The first-order chi connectivity index (χ1) is 14.2. The molecule has 1 heterocycles. The number of amides is 1. The predicted octanol–water partition coefficient (Wildman–Crippen LogP) is 4.38. The molecule has 0 atom stereocenters. The molecular formula is C23H27N3O3. The quantitative estimate of drug-likeness (QED) is 0.555. The number of carbonyl (C=O) groups is 1. The number of nitrogens with zero attached hydrogens (tertiary/aromatic N) is 2. The van der Waals surface area contributed by atoms with Gasteiger partial charge in [-0.1, -0.05) is 32.0 Å². The van der Waals surface area contributed by atoms with Crippen LogP contribution >= 0.6 is 0 Å². The largest absolute Gasteiger partial charge is 0.490 e. The monoisotopic (exact) mass is 393 g/mol. The Morgan fingerprint density at radius 1 is 1.00 bits per heavy atom. The molecule has 152 valence electrons. The lowest BCUT2D eigenvalue weighted by molar-refractivity contribution is 0.0950. The summed E-state index contributed by atoms with van der Waals surface area (Å²) >= 11 is 0. The first-order valence-corrected chi connectivity index (χ1v) is 9.98. The van der Waals surface area contributed by atoms with Gasteiger partial charge in [-0.15, -0.1) is 0 Å². The summed E-state index contributed by atoms with van der Waals surface area (Å²) < 4.78 is 13.3. The molecule has 0 aliphatic rings. The summed E-state index contributed by atoms with van der Waals surface area (Å²) in [6.45, 7) is 5.67. The highest BCUT2D eigenvalue weighted by Gasteiger charge is 2.12. The number of hydrogen-bond donors (Lipinski definition) is 1. The van der Waals surface area contributed by atoms with Gasteiger partial charge in [0.2, 0.25) is 0 Å². The number of benzene rings is 2. The van der Waals surface area contributed by atoms with Crippen molar-refractivity contribution in [3.63, 3.8) is 0 Å². The third-order valence-corrected chi connectivity index (χ3v) is 4.24. The molecular weight excluding hydrogens is 366 g/mol. The highest BCUT2D eigenvalue weighted by Crippen LogP contribution is 2.29. The summed E-state index contributed by atoms with van der Waals surface area (Å²) in [5.41, 5.74) is 2.44. The minimum absolute atomic E-state index is 0.166. The van der Waals surface area contributed by atoms with E-state index in [1.807, 2.05) is 50.4 Å². The van der Waals surface area contributed by atoms with Gasteiger partial charge in [0.1, 0.15) is 0 Å². The maximum Gasteiger partial charge on any atom is 0.251 e. The molecule has 6 heteroatoms. The van der Waals surface area contributed by atoms with Crippen molar-refractivity contribution >= 4 is 5.91 Å². The van der Waals surface area contributed by atoms with E-state index in [0.29, 0.717) is 36.8 Å². The molecule has 6 nitrogen and oxygen atoms in total. The maximum absolute atomic E-state index is 12.6. The summed E-state index contributed by atoms with van der Waals surface area (Å²) in [7, 11) is 0.